The van der Waals surface area contributed by atoms with E-state index in [9.17, 15) is 33.6 Å². The third-order valence-electron chi connectivity index (χ3n) is 13.3. The molecule has 0 unspecified atom stereocenters. The minimum Gasteiger partial charge on any atom is -0.467 e. The van der Waals surface area contributed by atoms with Crippen LogP contribution in [0.2, 0.25) is 0 Å². The van der Waals surface area contributed by atoms with Crippen molar-refractivity contribution in [3.63, 3.8) is 0 Å². The number of methoxy groups -OCH3 is 1. The van der Waals surface area contributed by atoms with E-state index in [1.807, 2.05) is 140 Å². The fourth-order valence-electron chi connectivity index (χ4n) is 9.08. The van der Waals surface area contributed by atoms with Gasteiger partial charge in [-0.05, 0) is 45.4 Å². The van der Waals surface area contributed by atoms with E-state index < -0.39 is 83.7 Å². The summed E-state index contributed by atoms with van der Waals surface area (Å²) in [6.07, 6.45) is 0.417. The number of rotatable bonds is 27. The molecule has 0 aliphatic carbocycles. The van der Waals surface area contributed by atoms with Crippen LogP contribution >= 0.6 is 0 Å². The van der Waals surface area contributed by atoms with Crippen molar-refractivity contribution < 1.29 is 38.3 Å². The number of carbonyl (C=O) groups excluding carboxylic acids is 7. The lowest BCUT2D eigenvalue weighted by Gasteiger charge is -2.28. The van der Waals surface area contributed by atoms with Crippen LogP contribution < -0.4 is 37.6 Å². The summed E-state index contributed by atoms with van der Waals surface area (Å²) in [7, 11) is 1.23. The molecule has 7 atom stereocenters. The average Bonchev–Trinajstić information content (AvgIpc) is 3.49. The summed E-state index contributed by atoms with van der Waals surface area (Å²) in [5.74, 6) is -4.69. The molecule has 0 aromatic heterocycles. The van der Waals surface area contributed by atoms with Crippen LogP contribution in [0.3, 0.4) is 0 Å². The predicted molar refractivity (Wildman–Crippen MR) is 303 cm³/mol. The van der Waals surface area contributed by atoms with E-state index in [2.05, 4.69) is 31.9 Å². The summed E-state index contributed by atoms with van der Waals surface area (Å²) < 4.78 is 5.08. The second-order valence-electron chi connectivity index (χ2n) is 19.3. The number of hydrogen-bond donors (Lipinski definition) is 7. The number of nitrogens with two attached hydrogens (primary N) is 1. The molecule has 15 nitrogen and oxygen atoms in total. The largest absolute Gasteiger partial charge is 0.467 e. The van der Waals surface area contributed by atoms with Gasteiger partial charge in [-0.2, -0.15) is 0 Å². The van der Waals surface area contributed by atoms with Crippen LogP contribution in [0, 0.1) is 0 Å². The quantitative estimate of drug-likeness (QED) is 0.0340. The fraction of sp³-hybridized carbons (Fsp3) is 0.234. The van der Waals surface area contributed by atoms with Crippen LogP contribution in [-0.2, 0) is 83.2 Å². The number of hydrogen-bond acceptors (Lipinski definition) is 9. The van der Waals surface area contributed by atoms with Gasteiger partial charge in [0.15, 0.2) is 0 Å². The molecule has 0 radical (unpaired) electrons. The maximum absolute atomic E-state index is 15.0. The molecule has 8 N–H and O–H groups in total. The Balaban J connectivity index is 1.16. The van der Waals surface area contributed by atoms with Gasteiger partial charge >= 0.3 is 5.97 Å². The molecule has 0 saturated heterocycles. The Labute approximate surface area is 461 Å². The van der Waals surface area contributed by atoms with E-state index >= 15 is 0 Å². The Morgan fingerprint density at radius 1 is 0.291 bits per heavy atom. The molecule has 0 saturated carbocycles. The molecule has 0 fully saturated rings. The SMILES string of the molecule is COC(=O)[C@H](Cc1ccccc1)NC(=O)[C@H](Cc1ccccc1)NC(=O)[C@H](Cc1ccccc1)NC(=O)[C@H](Cc1ccccc1)NC(=O)[C@H](Cc1ccccc1)NC(=O)[C@H](Cc1ccccc1)NC(=O)[C@@H](N)Cc1ccccc1. The highest BCUT2D eigenvalue weighted by atomic mass is 16.5. The van der Waals surface area contributed by atoms with E-state index in [0.29, 0.717) is 22.3 Å². The molecule has 79 heavy (non-hydrogen) atoms. The standard InChI is InChI=1S/C64H67N7O8/c1-79-64(78)57(43-50-35-21-8-22-36-50)71-63(77)56(42-49-33-19-7-20-34-49)70-62(76)55(41-48-31-17-6-18-32-48)69-61(75)54(40-47-29-15-5-16-30-47)68-60(74)53(39-46-27-13-4-14-28-46)67-59(73)52(38-45-25-11-3-12-26-45)66-58(72)51(65)37-44-23-9-2-10-24-44/h2-36,51-57H,37-43,65H2,1H3,(H,66,72)(H,67,73)(H,68,74)(H,69,75)(H,70,76)(H,71,77)/t51-,52-,53-,54-,55-,56-,57-/m0/s1. The van der Waals surface area contributed by atoms with Crippen LogP contribution in [0.25, 0.3) is 0 Å². The Hall–Kier alpha value is -9.21. The van der Waals surface area contributed by atoms with Gasteiger partial charge in [0.05, 0.1) is 13.2 Å². The number of amides is 6. The number of ether oxygens (including phenoxy) is 1. The van der Waals surface area contributed by atoms with Crippen LogP contribution in [0.5, 0.6) is 0 Å². The minimum absolute atomic E-state index is 0.00367. The molecular formula is C64H67N7O8. The van der Waals surface area contributed by atoms with Crippen LogP contribution in [-0.4, -0.2) is 90.8 Å². The van der Waals surface area contributed by atoms with Crippen molar-refractivity contribution in [2.24, 2.45) is 5.73 Å². The maximum atomic E-state index is 15.0. The van der Waals surface area contributed by atoms with Crippen LogP contribution in [0.15, 0.2) is 212 Å². The number of nitrogens with one attached hydrogen (secondary N) is 6. The summed E-state index contributed by atoms with van der Waals surface area (Å²) in [5, 5.41) is 17.2. The van der Waals surface area contributed by atoms with Crippen molar-refractivity contribution in [3.8, 4) is 0 Å². The summed E-state index contributed by atoms with van der Waals surface area (Å²) in [6.45, 7) is 0. The highest BCUT2D eigenvalue weighted by Gasteiger charge is 2.35. The molecule has 7 rings (SSSR count). The second-order valence-corrected chi connectivity index (χ2v) is 19.3. The lowest BCUT2D eigenvalue weighted by atomic mass is 9.99. The normalized spacial score (nSPS) is 13.5. The molecule has 0 aliphatic heterocycles. The van der Waals surface area contributed by atoms with Gasteiger partial charge in [-0.25, -0.2) is 4.79 Å². The van der Waals surface area contributed by atoms with Crippen molar-refractivity contribution in [1.82, 2.24) is 31.9 Å². The zero-order chi connectivity index (χ0) is 55.8. The second kappa shape index (κ2) is 29.9. The Morgan fingerprint density at radius 3 is 0.684 bits per heavy atom. The maximum Gasteiger partial charge on any atom is 0.328 e. The summed E-state index contributed by atoms with van der Waals surface area (Å²) >= 11 is 0. The van der Waals surface area contributed by atoms with Gasteiger partial charge in [-0.3, -0.25) is 28.8 Å². The van der Waals surface area contributed by atoms with Crippen LogP contribution in [0.4, 0.5) is 0 Å². The van der Waals surface area contributed by atoms with Crippen molar-refractivity contribution in [1.29, 1.82) is 0 Å². The summed E-state index contributed by atoms with van der Waals surface area (Å²) in [4.78, 5) is 101. The molecule has 7 aromatic rings. The molecule has 0 bridgehead atoms. The van der Waals surface area contributed by atoms with Gasteiger partial charge in [0.25, 0.3) is 0 Å². The van der Waals surface area contributed by atoms with Gasteiger partial charge in [0.2, 0.25) is 35.4 Å². The number of esters is 1. The van der Waals surface area contributed by atoms with Crippen molar-refractivity contribution >= 4 is 41.4 Å². The van der Waals surface area contributed by atoms with Gasteiger partial charge in [0, 0.05) is 38.5 Å². The highest BCUT2D eigenvalue weighted by Crippen LogP contribution is 2.14. The van der Waals surface area contributed by atoms with Crippen LogP contribution in [0.1, 0.15) is 38.9 Å². The average molecular weight is 1060 g/mol. The van der Waals surface area contributed by atoms with Crippen molar-refractivity contribution in [3.05, 3.63) is 251 Å². The first-order valence-electron chi connectivity index (χ1n) is 26.3. The lowest BCUT2D eigenvalue weighted by molar-refractivity contribution is -0.145. The van der Waals surface area contributed by atoms with E-state index in [1.165, 1.54) is 7.11 Å². The molecule has 7 aromatic carbocycles. The predicted octanol–water partition coefficient (Wildman–Crippen LogP) is 5.09. The molecule has 6 amide bonds. The zero-order valence-electron chi connectivity index (χ0n) is 44.0. The summed E-state index contributed by atoms with van der Waals surface area (Å²) in [6, 6.07) is 55.3. The monoisotopic (exact) mass is 1060 g/mol. The first-order chi connectivity index (χ1) is 38.4. The van der Waals surface area contributed by atoms with Crippen molar-refractivity contribution in [2.45, 2.75) is 87.2 Å². The fourth-order valence-corrected chi connectivity index (χ4v) is 9.08. The topological polar surface area (TPSA) is 227 Å². The van der Waals surface area contributed by atoms with Gasteiger partial charge in [-0.1, -0.05) is 212 Å². The van der Waals surface area contributed by atoms with E-state index in [4.69, 9.17) is 10.5 Å². The molecule has 15 heteroatoms. The van der Waals surface area contributed by atoms with Crippen molar-refractivity contribution in [2.75, 3.05) is 7.11 Å². The first-order valence-corrected chi connectivity index (χ1v) is 26.3. The molecule has 0 aliphatic rings. The van der Waals surface area contributed by atoms with Gasteiger partial charge in [0.1, 0.15) is 36.3 Å². The van der Waals surface area contributed by atoms with E-state index in [-0.39, 0.29) is 44.9 Å². The Kier molecular flexibility index (Phi) is 21.8. The molecule has 406 valence electrons. The lowest BCUT2D eigenvalue weighted by Crippen LogP contribution is -2.61. The van der Waals surface area contributed by atoms with Gasteiger partial charge in [-0.15, -0.1) is 0 Å². The Bertz CT molecular complexity index is 3050. The summed E-state index contributed by atoms with van der Waals surface area (Å²) in [5.41, 5.74) is 11.6. The van der Waals surface area contributed by atoms with E-state index in [0.717, 1.165) is 16.7 Å². The zero-order valence-corrected chi connectivity index (χ0v) is 44.0. The molecule has 0 spiro atoms. The first kappa shape index (κ1) is 57.5. The van der Waals surface area contributed by atoms with E-state index in [1.54, 1.807) is 72.8 Å². The Morgan fingerprint density at radius 2 is 0.468 bits per heavy atom. The highest BCUT2D eigenvalue weighted by molar-refractivity contribution is 5.97. The smallest absolute Gasteiger partial charge is 0.328 e. The van der Waals surface area contributed by atoms with Gasteiger partial charge < -0.3 is 42.4 Å². The minimum atomic E-state index is -1.31. The number of carbonyl (C=O) groups is 7. The number of benzene rings is 7. The molecule has 0 heterocycles. The third kappa shape index (κ3) is 18.5. The molecular weight excluding hydrogens is 995 g/mol. The third-order valence-corrected chi connectivity index (χ3v) is 13.3.